The molecule has 3 aromatic rings. The number of fused-ring (bicyclic) bond motifs is 1. The molecule has 0 aliphatic rings. The van der Waals surface area contributed by atoms with Crippen LogP contribution < -0.4 is 0 Å². The van der Waals surface area contributed by atoms with Crippen LogP contribution in [0.25, 0.3) is 11.0 Å². The quantitative estimate of drug-likeness (QED) is 0.539. The van der Waals surface area contributed by atoms with Gasteiger partial charge in [-0.25, -0.2) is 0 Å². The minimum atomic E-state index is -0.261. The molecular formula is C15H7BrCl2O2. The van der Waals surface area contributed by atoms with Crippen LogP contribution in [0, 0.1) is 0 Å². The first kappa shape index (κ1) is 13.7. The SMILES string of the molecule is O=C(c1cc2cc(Cl)ccc2o1)c1cc(Br)ccc1Cl. The Morgan fingerprint density at radius 2 is 1.85 bits per heavy atom. The highest BCUT2D eigenvalue weighted by molar-refractivity contribution is 9.10. The van der Waals surface area contributed by atoms with Gasteiger partial charge in [-0.15, -0.1) is 0 Å². The fraction of sp³-hybridized carbons (Fsp3) is 0. The van der Waals surface area contributed by atoms with Gasteiger partial charge in [-0.2, -0.15) is 0 Å². The van der Waals surface area contributed by atoms with Crippen LogP contribution in [0.1, 0.15) is 16.1 Å². The van der Waals surface area contributed by atoms with Crippen molar-refractivity contribution >= 4 is 55.9 Å². The second-order valence-electron chi connectivity index (χ2n) is 4.25. The van der Waals surface area contributed by atoms with E-state index in [0.717, 1.165) is 9.86 Å². The van der Waals surface area contributed by atoms with Gasteiger partial charge in [0, 0.05) is 20.4 Å². The van der Waals surface area contributed by atoms with Crippen molar-refractivity contribution in [1.82, 2.24) is 0 Å². The molecule has 0 saturated heterocycles. The lowest BCUT2D eigenvalue weighted by molar-refractivity contribution is 0.101. The van der Waals surface area contributed by atoms with Crippen molar-refractivity contribution in [2.75, 3.05) is 0 Å². The van der Waals surface area contributed by atoms with E-state index in [1.54, 1.807) is 42.5 Å². The Kier molecular flexibility index (Phi) is 3.59. The highest BCUT2D eigenvalue weighted by atomic mass is 79.9. The van der Waals surface area contributed by atoms with Gasteiger partial charge in [0.05, 0.1) is 5.02 Å². The van der Waals surface area contributed by atoms with Gasteiger partial charge in [0.15, 0.2) is 5.76 Å². The van der Waals surface area contributed by atoms with Crippen LogP contribution in [-0.2, 0) is 0 Å². The topological polar surface area (TPSA) is 30.2 Å². The van der Waals surface area contributed by atoms with Gasteiger partial charge in [0.2, 0.25) is 5.78 Å². The zero-order chi connectivity index (χ0) is 14.3. The Bertz CT molecular complexity index is 824. The first-order valence-electron chi connectivity index (χ1n) is 5.73. The third kappa shape index (κ3) is 2.49. The van der Waals surface area contributed by atoms with Gasteiger partial charge >= 0.3 is 0 Å². The molecule has 0 bridgehead atoms. The number of ketones is 1. The summed E-state index contributed by atoms with van der Waals surface area (Å²) in [5.74, 6) is -0.0223. The van der Waals surface area contributed by atoms with Crippen molar-refractivity contribution in [2.45, 2.75) is 0 Å². The molecule has 0 spiro atoms. The largest absolute Gasteiger partial charge is 0.453 e. The first-order chi connectivity index (χ1) is 9.54. The Balaban J connectivity index is 2.10. The summed E-state index contributed by atoms with van der Waals surface area (Å²) >= 11 is 15.3. The Morgan fingerprint density at radius 3 is 2.65 bits per heavy atom. The number of benzene rings is 2. The Hall–Kier alpha value is -1.29. The van der Waals surface area contributed by atoms with E-state index in [1.165, 1.54) is 0 Å². The maximum atomic E-state index is 12.4. The molecule has 0 amide bonds. The summed E-state index contributed by atoms with van der Waals surface area (Å²) in [4.78, 5) is 12.4. The van der Waals surface area contributed by atoms with Gasteiger partial charge in [0.1, 0.15) is 5.58 Å². The molecule has 5 heteroatoms. The zero-order valence-corrected chi connectivity index (χ0v) is 13.1. The van der Waals surface area contributed by atoms with Crippen LogP contribution in [0.15, 0.2) is 51.4 Å². The lowest BCUT2D eigenvalue weighted by Crippen LogP contribution is -2.00. The normalized spacial score (nSPS) is 10.9. The maximum absolute atomic E-state index is 12.4. The summed E-state index contributed by atoms with van der Waals surface area (Å²) in [6.45, 7) is 0. The summed E-state index contributed by atoms with van der Waals surface area (Å²) in [7, 11) is 0. The molecule has 0 saturated carbocycles. The molecule has 1 heterocycles. The average Bonchev–Trinajstić information content (AvgIpc) is 2.83. The van der Waals surface area contributed by atoms with Crippen LogP contribution >= 0.6 is 39.1 Å². The molecule has 0 aliphatic carbocycles. The molecule has 0 unspecified atom stereocenters. The number of hydrogen-bond donors (Lipinski definition) is 0. The number of carbonyl (C=O) groups is 1. The lowest BCUT2D eigenvalue weighted by Gasteiger charge is -2.01. The first-order valence-corrected chi connectivity index (χ1v) is 7.28. The predicted molar refractivity (Wildman–Crippen MR) is 83.8 cm³/mol. The predicted octanol–water partition coefficient (Wildman–Crippen LogP) is 5.73. The molecule has 2 aromatic carbocycles. The molecule has 2 nitrogen and oxygen atoms in total. The average molecular weight is 370 g/mol. The second kappa shape index (κ2) is 5.24. The Labute approximate surface area is 133 Å². The van der Waals surface area contributed by atoms with Crippen molar-refractivity contribution in [2.24, 2.45) is 0 Å². The van der Waals surface area contributed by atoms with Crippen molar-refractivity contribution in [1.29, 1.82) is 0 Å². The number of hydrogen-bond acceptors (Lipinski definition) is 2. The summed E-state index contributed by atoms with van der Waals surface area (Å²) in [5, 5.41) is 1.77. The highest BCUT2D eigenvalue weighted by Crippen LogP contribution is 2.28. The fourth-order valence-electron chi connectivity index (χ4n) is 1.93. The summed E-state index contributed by atoms with van der Waals surface area (Å²) in [5.41, 5.74) is 1.01. The molecule has 100 valence electrons. The van der Waals surface area contributed by atoms with Crippen LogP contribution in [-0.4, -0.2) is 5.78 Å². The molecule has 0 aliphatic heterocycles. The van der Waals surface area contributed by atoms with Crippen molar-refractivity contribution in [3.8, 4) is 0 Å². The number of carbonyl (C=O) groups excluding carboxylic acids is 1. The van der Waals surface area contributed by atoms with Crippen molar-refractivity contribution in [3.05, 3.63) is 68.3 Å². The molecule has 0 fully saturated rings. The highest BCUT2D eigenvalue weighted by Gasteiger charge is 2.17. The van der Waals surface area contributed by atoms with Crippen LogP contribution in [0.4, 0.5) is 0 Å². The third-order valence-corrected chi connectivity index (χ3v) is 3.93. The smallest absolute Gasteiger partial charge is 0.229 e. The van der Waals surface area contributed by atoms with E-state index in [1.807, 2.05) is 0 Å². The molecule has 1 aromatic heterocycles. The summed E-state index contributed by atoms with van der Waals surface area (Å²) in [6.07, 6.45) is 0. The van der Waals surface area contributed by atoms with Gasteiger partial charge in [-0.3, -0.25) is 4.79 Å². The summed E-state index contributed by atoms with van der Waals surface area (Å²) < 4.78 is 6.33. The van der Waals surface area contributed by atoms with Crippen LogP contribution in [0.3, 0.4) is 0 Å². The van der Waals surface area contributed by atoms with Crippen LogP contribution in [0.5, 0.6) is 0 Å². The monoisotopic (exact) mass is 368 g/mol. The standard InChI is InChI=1S/C15H7BrCl2O2/c16-9-1-3-12(18)11(7-9)15(19)14-6-8-5-10(17)2-4-13(8)20-14/h1-7H. The molecule has 3 rings (SSSR count). The zero-order valence-electron chi connectivity index (χ0n) is 9.99. The molecule has 0 N–H and O–H groups in total. The van der Waals surface area contributed by atoms with Gasteiger partial charge in [-0.1, -0.05) is 39.1 Å². The van der Waals surface area contributed by atoms with E-state index in [0.29, 0.717) is 21.2 Å². The maximum Gasteiger partial charge on any atom is 0.229 e. The van der Waals surface area contributed by atoms with E-state index < -0.39 is 0 Å². The van der Waals surface area contributed by atoms with Gasteiger partial charge < -0.3 is 4.42 Å². The van der Waals surface area contributed by atoms with E-state index in [9.17, 15) is 4.79 Å². The molecule has 20 heavy (non-hydrogen) atoms. The van der Waals surface area contributed by atoms with E-state index >= 15 is 0 Å². The van der Waals surface area contributed by atoms with E-state index in [-0.39, 0.29) is 11.5 Å². The second-order valence-corrected chi connectivity index (χ2v) is 6.01. The van der Waals surface area contributed by atoms with Crippen molar-refractivity contribution < 1.29 is 9.21 Å². The van der Waals surface area contributed by atoms with E-state index in [2.05, 4.69) is 15.9 Å². The minimum Gasteiger partial charge on any atom is -0.453 e. The third-order valence-electron chi connectivity index (χ3n) is 2.88. The van der Waals surface area contributed by atoms with E-state index in [4.69, 9.17) is 27.6 Å². The number of halogens is 3. The fourth-order valence-corrected chi connectivity index (χ4v) is 2.68. The minimum absolute atomic E-state index is 0.238. The summed E-state index contributed by atoms with van der Waals surface area (Å²) in [6, 6.07) is 12.0. The van der Waals surface area contributed by atoms with Gasteiger partial charge in [-0.05, 0) is 42.5 Å². The Morgan fingerprint density at radius 1 is 1.05 bits per heavy atom. The molecule has 0 radical (unpaired) electrons. The molecule has 0 atom stereocenters. The van der Waals surface area contributed by atoms with Gasteiger partial charge in [0.25, 0.3) is 0 Å². The number of furan rings is 1. The van der Waals surface area contributed by atoms with Crippen molar-refractivity contribution in [3.63, 3.8) is 0 Å². The number of rotatable bonds is 2. The molecular weight excluding hydrogens is 363 g/mol. The van der Waals surface area contributed by atoms with Crippen LogP contribution in [0.2, 0.25) is 10.0 Å². The lowest BCUT2D eigenvalue weighted by atomic mass is 10.1.